The first-order chi connectivity index (χ1) is 12.1. The zero-order chi connectivity index (χ0) is 18.1. The normalized spacial score (nSPS) is 14.5. The molecular formula is C17H27N5O3. The maximum Gasteiger partial charge on any atom is 0.225 e. The van der Waals surface area contributed by atoms with E-state index < -0.39 is 0 Å². The van der Waals surface area contributed by atoms with Crippen LogP contribution in [0.3, 0.4) is 0 Å². The number of hydrogen-bond donors (Lipinski definition) is 0. The summed E-state index contributed by atoms with van der Waals surface area (Å²) >= 11 is 0. The molecule has 1 aliphatic heterocycles. The maximum absolute atomic E-state index is 12.4. The molecule has 2 rings (SSSR count). The molecule has 1 aliphatic rings. The van der Waals surface area contributed by atoms with E-state index in [0.29, 0.717) is 45.2 Å². The highest BCUT2D eigenvalue weighted by Gasteiger charge is 2.23. The van der Waals surface area contributed by atoms with Crippen LogP contribution in [0.5, 0.6) is 0 Å². The number of ether oxygens (including phenoxy) is 1. The topological polar surface area (TPSA) is 78.9 Å². The summed E-state index contributed by atoms with van der Waals surface area (Å²) in [7, 11) is 1.64. The van der Waals surface area contributed by atoms with Gasteiger partial charge in [0.2, 0.25) is 17.8 Å². The average molecular weight is 349 g/mol. The van der Waals surface area contributed by atoms with Crippen molar-refractivity contribution in [2.45, 2.75) is 19.8 Å². The predicted octanol–water partition coefficient (Wildman–Crippen LogP) is 0.400. The maximum atomic E-state index is 12.4. The van der Waals surface area contributed by atoms with Crippen LogP contribution in [0.1, 0.15) is 19.8 Å². The van der Waals surface area contributed by atoms with Crippen LogP contribution in [0.4, 0.5) is 5.95 Å². The van der Waals surface area contributed by atoms with E-state index >= 15 is 0 Å². The predicted molar refractivity (Wildman–Crippen MR) is 94.2 cm³/mol. The number of anilines is 1. The molecule has 1 saturated heterocycles. The van der Waals surface area contributed by atoms with Crippen molar-refractivity contribution in [3.05, 3.63) is 18.5 Å². The molecule has 25 heavy (non-hydrogen) atoms. The third-order valence-electron chi connectivity index (χ3n) is 4.28. The number of nitrogens with zero attached hydrogens (tertiary/aromatic N) is 5. The van der Waals surface area contributed by atoms with Gasteiger partial charge in [-0.2, -0.15) is 0 Å². The summed E-state index contributed by atoms with van der Waals surface area (Å²) in [6.45, 7) is 5.98. The van der Waals surface area contributed by atoms with E-state index in [4.69, 9.17) is 4.74 Å². The van der Waals surface area contributed by atoms with Crippen molar-refractivity contribution in [3.63, 3.8) is 0 Å². The van der Waals surface area contributed by atoms with E-state index in [9.17, 15) is 9.59 Å². The van der Waals surface area contributed by atoms with Gasteiger partial charge in [0.25, 0.3) is 0 Å². The van der Waals surface area contributed by atoms with Crippen molar-refractivity contribution in [2.24, 2.45) is 0 Å². The average Bonchev–Trinajstić information content (AvgIpc) is 2.65. The molecule has 0 bridgehead atoms. The SMILES string of the molecule is COCCCN(CCC(=O)N1CCN(c2ncccn2)CC1)C(C)=O. The second-order valence-corrected chi connectivity index (χ2v) is 6.02. The molecule has 2 amide bonds. The summed E-state index contributed by atoms with van der Waals surface area (Å²) in [5.74, 6) is 0.789. The molecule has 2 heterocycles. The molecule has 138 valence electrons. The summed E-state index contributed by atoms with van der Waals surface area (Å²) in [4.78, 5) is 38.2. The van der Waals surface area contributed by atoms with Gasteiger partial charge < -0.3 is 19.4 Å². The van der Waals surface area contributed by atoms with E-state index in [0.717, 1.165) is 19.5 Å². The van der Waals surface area contributed by atoms with E-state index in [1.165, 1.54) is 6.92 Å². The fourth-order valence-electron chi connectivity index (χ4n) is 2.83. The van der Waals surface area contributed by atoms with Crippen molar-refractivity contribution in [2.75, 3.05) is 57.9 Å². The van der Waals surface area contributed by atoms with Crippen LogP contribution in [-0.2, 0) is 14.3 Å². The van der Waals surface area contributed by atoms with Crippen molar-refractivity contribution in [1.82, 2.24) is 19.8 Å². The van der Waals surface area contributed by atoms with Gasteiger partial charge in [-0.15, -0.1) is 0 Å². The lowest BCUT2D eigenvalue weighted by molar-refractivity contribution is -0.133. The standard InChI is InChI=1S/C17H27N5O3/c1-15(23)20(8-4-14-25-2)9-5-16(24)21-10-12-22(13-11-21)17-18-6-3-7-19-17/h3,6-7H,4-5,8-14H2,1-2H3. The second-order valence-electron chi connectivity index (χ2n) is 6.02. The Balaban J connectivity index is 1.75. The molecule has 1 fully saturated rings. The minimum atomic E-state index is -0.00468. The Morgan fingerprint density at radius 3 is 2.44 bits per heavy atom. The Kier molecular flexibility index (Phi) is 7.59. The van der Waals surface area contributed by atoms with Gasteiger partial charge in [-0.1, -0.05) is 0 Å². The lowest BCUT2D eigenvalue weighted by Crippen LogP contribution is -2.49. The van der Waals surface area contributed by atoms with Crippen LogP contribution in [0.2, 0.25) is 0 Å². The lowest BCUT2D eigenvalue weighted by atomic mass is 10.2. The van der Waals surface area contributed by atoms with E-state index in [1.54, 1.807) is 30.5 Å². The number of carbonyl (C=O) groups is 2. The summed E-state index contributed by atoms with van der Waals surface area (Å²) in [5, 5.41) is 0. The first-order valence-corrected chi connectivity index (χ1v) is 8.66. The van der Waals surface area contributed by atoms with Crippen LogP contribution in [-0.4, -0.2) is 84.6 Å². The fourth-order valence-corrected chi connectivity index (χ4v) is 2.83. The Morgan fingerprint density at radius 1 is 1.16 bits per heavy atom. The number of carbonyl (C=O) groups excluding carboxylic acids is 2. The van der Waals surface area contributed by atoms with Gasteiger partial charge in [-0.25, -0.2) is 9.97 Å². The molecule has 8 heteroatoms. The van der Waals surface area contributed by atoms with Crippen LogP contribution in [0.15, 0.2) is 18.5 Å². The van der Waals surface area contributed by atoms with Crippen molar-refractivity contribution >= 4 is 17.8 Å². The third-order valence-corrected chi connectivity index (χ3v) is 4.28. The molecule has 0 atom stereocenters. The smallest absolute Gasteiger partial charge is 0.225 e. The van der Waals surface area contributed by atoms with Crippen molar-refractivity contribution in [1.29, 1.82) is 0 Å². The number of hydrogen-bond acceptors (Lipinski definition) is 6. The van der Waals surface area contributed by atoms with Gasteiger partial charge in [0.05, 0.1) is 0 Å². The minimum absolute atomic E-state index is 0.00468. The molecule has 1 aromatic heterocycles. The van der Waals surface area contributed by atoms with Crippen LogP contribution in [0.25, 0.3) is 0 Å². The van der Waals surface area contributed by atoms with Gasteiger partial charge in [0.1, 0.15) is 0 Å². The molecule has 0 N–H and O–H groups in total. The Morgan fingerprint density at radius 2 is 1.84 bits per heavy atom. The summed E-state index contributed by atoms with van der Waals surface area (Å²) < 4.78 is 5.01. The van der Waals surface area contributed by atoms with Gasteiger partial charge in [-0.05, 0) is 12.5 Å². The Labute approximate surface area is 148 Å². The number of amides is 2. The first kappa shape index (κ1) is 19.1. The lowest BCUT2D eigenvalue weighted by Gasteiger charge is -2.35. The van der Waals surface area contributed by atoms with Crippen LogP contribution in [0, 0.1) is 0 Å². The Hall–Kier alpha value is -2.22. The molecular weight excluding hydrogens is 322 g/mol. The van der Waals surface area contributed by atoms with Gasteiger partial charge in [0, 0.05) is 78.7 Å². The molecule has 0 unspecified atom stereocenters. The zero-order valence-electron chi connectivity index (χ0n) is 15.1. The van der Waals surface area contributed by atoms with Crippen molar-refractivity contribution < 1.29 is 14.3 Å². The number of piperazine rings is 1. The highest BCUT2D eigenvalue weighted by Crippen LogP contribution is 2.10. The highest BCUT2D eigenvalue weighted by atomic mass is 16.5. The molecule has 0 saturated carbocycles. The monoisotopic (exact) mass is 349 g/mol. The molecule has 0 aromatic carbocycles. The van der Waals surface area contributed by atoms with Crippen LogP contribution >= 0.6 is 0 Å². The van der Waals surface area contributed by atoms with Crippen LogP contribution < -0.4 is 4.90 Å². The minimum Gasteiger partial charge on any atom is -0.385 e. The second kappa shape index (κ2) is 9.93. The quantitative estimate of drug-likeness (QED) is 0.632. The first-order valence-electron chi connectivity index (χ1n) is 8.66. The molecule has 1 aromatic rings. The molecule has 0 radical (unpaired) electrons. The third kappa shape index (κ3) is 5.97. The van der Waals surface area contributed by atoms with E-state index in [2.05, 4.69) is 14.9 Å². The molecule has 8 nitrogen and oxygen atoms in total. The largest absolute Gasteiger partial charge is 0.385 e. The molecule has 0 spiro atoms. The van der Waals surface area contributed by atoms with Gasteiger partial charge >= 0.3 is 0 Å². The number of rotatable bonds is 8. The van der Waals surface area contributed by atoms with Gasteiger partial charge in [0.15, 0.2) is 0 Å². The summed E-state index contributed by atoms with van der Waals surface area (Å²) in [6.07, 6.45) is 4.58. The van der Waals surface area contributed by atoms with E-state index in [-0.39, 0.29) is 11.8 Å². The number of methoxy groups -OCH3 is 1. The van der Waals surface area contributed by atoms with Gasteiger partial charge in [-0.3, -0.25) is 9.59 Å². The molecule has 0 aliphatic carbocycles. The summed E-state index contributed by atoms with van der Waals surface area (Å²) in [5.41, 5.74) is 0. The highest BCUT2D eigenvalue weighted by molar-refractivity contribution is 5.78. The fraction of sp³-hybridized carbons (Fsp3) is 0.647. The van der Waals surface area contributed by atoms with E-state index in [1.807, 2.05) is 4.90 Å². The number of aromatic nitrogens is 2. The zero-order valence-corrected chi connectivity index (χ0v) is 15.1. The summed E-state index contributed by atoms with van der Waals surface area (Å²) in [6, 6.07) is 1.79. The Bertz CT molecular complexity index is 546. The van der Waals surface area contributed by atoms with Crippen molar-refractivity contribution in [3.8, 4) is 0 Å².